The van der Waals surface area contributed by atoms with Gasteiger partial charge in [0.15, 0.2) is 0 Å². The van der Waals surface area contributed by atoms with Crippen molar-refractivity contribution in [1.29, 1.82) is 0 Å². The van der Waals surface area contributed by atoms with Gasteiger partial charge in [0, 0.05) is 4.90 Å². The van der Waals surface area contributed by atoms with E-state index in [1.807, 2.05) is 0 Å². The summed E-state index contributed by atoms with van der Waals surface area (Å²) >= 11 is 2.28. The Kier molecular flexibility index (Phi) is 6.47. The van der Waals surface area contributed by atoms with Crippen LogP contribution in [0.3, 0.4) is 0 Å². The molecule has 0 heterocycles. The van der Waals surface area contributed by atoms with Crippen molar-refractivity contribution in [3.8, 4) is 0 Å². The molecule has 1 aliphatic rings. The van der Waals surface area contributed by atoms with E-state index in [1.54, 1.807) is 16.0 Å². The summed E-state index contributed by atoms with van der Waals surface area (Å²) in [4.78, 5) is 1.54. The summed E-state index contributed by atoms with van der Waals surface area (Å²) in [5.74, 6) is 0.806. The highest BCUT2D eigenvalue weighted by Gasteiger charge is 2.44. The van der Waals surface area contributed by atoms with E-state index in [9.17, 15) is 0 Å². The Balaban J connectivity index is 2.35. The molecule has 0 aliphatic heterocycles. The average Bonchev–Trinajstić information content (AvgIpc) is 2.50. The minimum Gasteiger partial charge on any atom is -0.150 e. The molecule has 0 fully saturated rings. The molecule has 0 saturated heterocycles. The smallest absolute Gasteiger partial charge is 0.131 e. The van der Waals surface area contributed by atoms with Gasteiger partial charge in [-0.15, -0.1) is 0 Å². The molecule has 1 atom stereocenters. The number of fused-ring (bicyclic) bond motifs is 1. The molecular formula is C21H36SSi. The normalized spacial score (nSPS) is 18.8. The van der Waals surface area contributed by atoms with Crippen molar-refractivity contribution < 1.29 is 0 Å². The van der Waals surface area contributed by atoms with Gasteiger partial charge in [-0.1, -0.05) is 54.5 Å². The van der Waals surface area contributed by atoms with Gasteiger partial charge in [-0.3, -0.25) is 0 Å². The predicted octanol–water partition coefficient (Wildman–Crippen LogP) is 7.78. The molecule has 1 aromatic rings. The largest absolute Gasteiger partial charge is 0.150 e. The number of aryl methyl sites for hydroxylation is 1. The summed E-state index contributed by atoms with van der Waals surface area (Å²) < 4.78 is 0. The lowest BCUT2D eigenvalue weighted by Crippen LogP contribution is -2.41. The zero-order valence-corrected chi connectivity index (χ0v) is 18.1. The van der Waals surface area contributed by atoms with E-state index in [0.29, 0.717) is 0 Å². The summed E-state index contributed by atoms with van der Waals surface area (Å²) in [5.41, 5.74) is 5.73. The fraction of sp³-hybridized carbons (Fsp3) is 0.714. The second kappa shape index (κ2) is 7.78. The van der Waals surface area contributed by atoms with Gasteiger partial charge in [0.2, 0.25) is 0 Å². The molecule has 0 N–H and O–H groups in total. The molecule has 0 nitrogen and oxygen atoms in total. The third-order valence-electron chi connectivity index (χ3n) is 6.05. The van der Waals surface area contributed by atoms with Gasteiger partial charge in [0.1, 0.15) is 7.22 Å². The molecule has 1 aromatic carbocycles. The van der Waals surface area contributed by atoms with Crippen LogP contribution in [-0.4, -0.2) is 7.22 Å². The molecule has 23 heavy (non-hydrogen) atoms. The highest BCUT2D eigenvalue weighted by atomic mass is 32.4. The maximum atomic E-state index is 2.55. The number of benzene rings is 1. The van der Waals surface area contributed by atoms with Crippen LogP contribution in [0.1, 0.15) is 84.8 Å². The van der Waals surface area contributed by atoms with Crippen LogP contribution in [0.5, 0.6) is 0 Å². The highest BCUT2D eigenvalue weighted by molar-refractivity contribution is 8.29. The van der Waals surface area contributed by atoms with Gasteiger partial charge >= 0.3 is 0 Å². The van der Waals surface area contributed by atoms with Crippen molar-refractivity contribution >= 4 is 18.4 Å². The maximum absolute atomic E-state index is 2.55. The average molecular weight is 349 g/mol. The van der Waals surface area contributed by atoms with Gasteiger partial charge in [-0.25, -0.2) is 0 Å². The molecule has 0 amide bonds. The van der Waals surface area contributed by atoms with Crippen LogP contribution < -0.4 is 0 Å². The Hall–Kier alpha value is -0.213. The fourth-order valence-corrected chi connectivity index (χ4v) is 14.1. The molecule has 0 saturated carbocycles. The summed E-state index contributed by atoms with van der Waals surface area (Å²) in [7, 11) is -1.42. The van der Waals surface area contributed by atoms with Crippen LogP contribution in [0.25, 0.3) is 0 Å². The van der Waals surface area contributed by atoms with E-state index in [1.165, 1.54) is 25.7 Å². The minimum atomic E-state index is -1.42. The van der Waals surface area contributed by atoms with E-state index in [0.717, 1.165) is 22.5 Å². The first-order valence-electron chi connectivity index (χ1n) is 9.64. The molecule has 2 rings (SSSR count). The van der Waals surface area contributed by atoms with E-state index >= 15 is 0 Å². The van der Waals surface area contributed by atoms with Gasteiger partial charge in [-0.2, -0.15) is 11.2 Å². The topological polar surface area (TPSA) is 0 Å². The van der Waals surface area contributed by atoms with E-state index in [2.05, 4.69) is 77.9 Å². The van der Waals surface area contributed by atoms with Crippen LogP contribution in [0.4, 0.5) is 0 Å². The van der Waals surface area contributed by atoms with Gasteiger partial charge in [0.25, 0.3) is 0 Å². The summed E-state index contributed by atoms with van der Waals surface area (Å²) in [6.45, 7) is 17.1. The Bertz CT molecular complexity index is 497. The molecule has 0 spiro atoms. The molecule has 2 heteroatoms. The van der Waals surface area contributed by atoms with E-state index in [4.69, 9.17) is 0 Å². The van der Waals surface area contributed by atoms with Crippen LogP contribution in [0.2, 0.25) is 16.6 Å². The maximum Gasteiger partial charge on any atom is 0.131 e. The predicted molar refractivity (Wildman–Crippen MR) is 109 cm³/mol. The summed E-state index contributed by atoms with van der Waals surface area (Å²) in [5, 5.41) is 0. The molecule has 1 aliphatic carbocycles. The first-order valence-corrected chi connectivity index (χ1v) is 13.4. The lowest BCUT2D eigenvalue weighted by molar-refractivity contribution is 0.539. The van der Waals surface area contributed by atoms with Crippen LogP contribution in [-0.2, 0) is 6.42 Å². The molecular weight excluding hydrogens is 312 g/mol. The second-order valence-electron chi connectivity index (χ2n) is 8.28. The monoisotopic (exact) mass is 348 g/mol. The van der Waals surface area contributed by atoms with Crippen molar-refractivity contribution in [3.63, 3.8) is 0 Å². The van der Waals surface area contributed by atoms with E-state index in [-0.39, 0.29) is 0 Å². The Labute approximate surface area is 149 Å². The van der Waals surface area contributed by atoms with Gasteiger partial charge in [-0.05, 0) is 71.5 Å². The zero-order valence-electron chi connectivity index (χ0n) is 16.3. The highest BCUT2D eigenvalue weighted by Crippen LogP contribution is 2.52. The quantitative estimate of drug-likeness (QED) is 0.473. The van der Waals surface area contributed by atoms with Crippen LogP contribution >= 0.6 is 11.2 Å². The third-order valence-corrected chi connectivity index (χ3v) is 18.3. The Morgan fingerprint density at radius 3 is 2.17 bits per heavy atom. The van der Waals surface area contributed by atoms with Gasteiger partial charge < -0.3 is 0 Å². The van der Waals surface area contributed by atoms with Crippen molar-refractivity contribution in [2.24, 2.45) is 0 Å². The van der Waals surface area contributed by atoms with Gasteiger partial charge in [0.05, 0.1) is 0 Å². The Morgan fingerprint density at radius 1 is 1.04 bits per heavy atom. The Morgan fingerprint density at radius 2 is 1.65 bits per heavy atom. The molecule has 0 radical (unpaired) electrons. The molecule has 0 bridgehead atoms. The first kappa shape index (κ1) is 19.1. The number of rotatable bonds is 6. The van der Waals surface area contributed by atoms with Crippen LogP contribution in [0, 0.1) is 0 Å². The standard InChI is InChI=1S/C21H36SSi/c1-8-18-10-9-11-19-14-20(12-13-21(18)19)22-23(15(2)3,16(4)5)17(6)7/h12-18H,8-11H2,1-7H3. The third kappa shape index (κ3) is 3.74. The molecule has 0 aromatic heterocycles. The summed E-state index contributed by atoms with van der Waals surface area (Å²) in [6, 6.07) is 7.45. The summed E-state index contributed by atoms with van der Waals surface area (Å²) in [6.07, 6.45) is 5.35. The van der Waals surface area contributed by atoms with Crippen molar-refractivity contribution in [1.82, 2.24) is 0 Å². The SMILES string of the molecule is CCC1CCCc2cc(S[Si](C(C)C)(C(C)C)C(C)C)ccc21. The van der Waals surface area contributed by atoms with Crippen LogP contribution in [0.15, 0.2) is 23.1 Å². The van der Waals surface area contributed by atoms with Crippen molar-refractivity contribution in [2.45, 2.75) is 102 Å². The molecule has 1 unspecified atom stereocenters. The second-order valence-corrected chi connectivity index (χ2v) is 16.9. The number of hydrogen-bond acceptors (Lipinski definition) is 1. The molecule has 130 valence electrons. The fourth-order valence-electron chi connectivity index (χ4n) is 4.94. The lowest BCUT2D eigenvalue weighted by Gasteiger charge is -2.42. The van der Waals surface area contributed by atoms with Crippen molar-refractivity contribution in [3.05, 3.63) is 29.3 Å². The minimum absolute atomic E-state index is 0.806. The first-order chi connectivity index (χ1) is 10.8. The number of hydrogen-bond donors (Lipinski definition) is 0. The van der Waals surface area contributed by atoms with E-state index < -0.39 is 7.22 Å². The lowest BCUT2D eigenvalue weighted by atomic mass is 9.81. The zero-order chi connectivity index (χ0) is 17.2. The van der Waals surface area contributed by atoms with Crippen molar-refractivity contribution in [2.75, 3.05) is 0 Å².